The van der Waals surface area contributed by atoms with Crippen molar-refractivity contribution in [3.8, 4) is 12.3 Å². The first-order valence-corrected chi connectivity index (χ1v) is 4.26. The molecule has 5 heteroatoms. The summed E-state index contributed by atoms with van der Waals surface area (Å²) < 4.78 is 0. The Morgan fingerprint density at radius 2 is 2.27 bits per heavy atom. The summed E-state index contributed by atoms with van der Waals surface area (Å²) in [5.41, 5.74) is -0.648. The second kappa shape index (κ2) is 3.96. The van der Waals surface area contributed by atoms with Crippen LogP contribution in [0.2, 0.25) is 0 Å². The highest BCUT2D eigenvalue weighted by Crippen LogP contribution is 2.11. The Hall–Kier alpha value is -2.09. The third-order valence-electron chi connectivity index (χ3n) is 1.69. The van der Waals surface area contributed by atoms with Crippen LogP contribution in [0.5, 0.6) is 0 Å². The minimum absolute atomic E-state index is 0.0691. The number of hydrogen-bond acceptors (Lipinski definition) is 4. The molecule has 1 heterocycles. The first kappa shape index (κ1) is 11.0. The van der Waals surface area contributed by atoms with Crippen LogP contribution in [0.1, 0.15) is 24.3 Å². The summed E-state index contributed by atoms with van der Waals surface area (Å²) in [4.78, 5) is 18.1. The maximum atomic E-state index is 10.6. The zero-order valence-corrected chi connectivity index (χ0v) is 8.48. The zero-order valence-electron chi connectivity index (χ0n) is 8.48. The summed E-state index contributed by atoms with van der Waals surface area (Å²) >= 11 is 0. The number of terminal acetylenes is 1. The number of aromatic nitrogens is 2. The first-order valence-electron chi connectivity index (χ1n) is 4.26. The number of carboxylic acids is 1. The van der Waals surface area contributed by atoms with Gasteiger partial charge < -0.3 is 10.4 Å². The maximum absolute atomic E-state index is 10.6. The number of nitrogens with one attached hydrogen (secondary N) is 1. The van der Waals surface area contributed by atoms with E-state index in [0.29, 0.717) is 5.82 Å². The SMILES string of the molecule is C#CC(C)(C)Nc1cc(C(=O)O)ncn1. The van der Waals surface area contributed by atoms with E-state index >= 15 is 0 Å². The van der Waals surface area contributed by atoms with Crippen molar-refractivity contribution in [3.05, 3.63) is 18.1 Å². The van der Waals surface area contributed by atoms with Gasteiger partial charge in [-0.1, -0.05) is 5.92 Å². The molecule has 2 N–H and O–H groups in total. The van der Waals surface area contributed by atoms with E-state index in [-0.39, 0.29) is 5.69 Å². The number of rotatable bonds is 3. The Morgan fingerprint density at radius 3 is 2.80 bits per heavy atom. The van der Waals surface area contributed by atoms with E-state index in [2.05, 4.69) is 21.2 Å². The van der Waals surface area contributed by atoms with Crippen LogP contribution in [-0.2, 0) is 0 Å². The first-order chi connectivity index (χ1) is 6.94. The lowest BCUT2D eigenvalue weighted by molar-refractivity contribution is 0.0690. The van der Waals surface area contributed by atoms with Crippen molar-refractivity contribution >= 4 is 11.8 Å². The molecule has 0 spiro atoms. The van der Waals surface area contributed by atoms with Crippen LogP contribution in [-0.4, -0.2) is 26.6 Å². The summed E-state index contributed by atoms with van der Waals surface area (Å²) in [5, 5.41) is 11.6. The van der Waals surface area contributed by atoms with E-state index in [9.17, 15) is 4.79 Å². The summed E-state index contributed by atoms with van der Waals surface area (Å²) in [6.45, 7) is 3.57. The summed E-state index contributed by atoms with van der Waals surface area (Å²) in [7, 11) is 0. The van der Waals surface area contributed by atoms with E-state index in [1.165, 1.54) is 12.4 Å². The summed E-state index contributed by atoms with van der Waals surface area (Å²) in [6.07, 6.45) is 6.46. The molecule has 15 heavy (non-hydrogen) atoms. The van der Waals surface area contributed by atoms with Crippen molar-refractivity contribution in [2.75, 3.05) is 5.32 Å². The van der Waals surface area contributed by atoms with Gasteiger partial charge in [0.05, 0.1) is 5.54 Å². The van der Waals surface area contributed by atoms with Crippen molar-refractivity contribution in [3.63, 3.8) is 0 Å². The molecule has 0 aromatic carbocycles. The van der Waals surface area contributed by atoms with E-state index in [4.69, 9.17) is 11.5 Å². The average Bonchev–Trinajstić information content (AvgIpc) is 2.17. The van der Waals surface area contributed by atoms with Gasteiger partial charge in [-0.2, -0.15) is 0 Å². The highest BCUT2D eigenvalue weighted by molar-refractivity contribution is 5.86. The Bertz CT molecular complexity index is 421. The van der Waals surface area contributed by atoms with Crippen molar-refractivity contribution < 1.29 is 9.90 Å². The van der Waals surface area contributed by atoms with Crippen molar-refractivity contribution in [1.29, 1.82) is 0 Å². The second-order valence-corrected chi connectivity index (χ2v) is 3.49. The van der Waals surface area contributed by atoms with Crippen molar-refractivity contribution in [2.45, 2.75) is 19.4 Å². The van der Waals surface area contributed by atoms with Crippen LogP contribution in [0.3, 0.4) is 0 Å². The van der Waals surface area contributed by atoms with Crippen LogP contribution >= 0.6 is 0 Å². The highest BCUT2D eigenvalue weighted by Gasteiger charge is 2.15. The van der Waals surface area contributed by atoms with Crippen LogP contribution in [0.15, 0.2) is 12.4 Å². The van der Waals surface area contributed by atoms with Gasteiger partial charge >= 0.3 is 5.97 Å². The molecule has 0 bridgehead atoms. The molecule has 1 rings (SSSR count). The molecular weight excluding hydrogens is 194 g/mol. The number of carboxylic acid groups (broad SMARTS) is 1. The molecule has 0 aliphatic carbocycles. The van der Waals surface area contributed by atoms with E-state index < -0.39 is 11.5 Å². The molecule has 0 saturated heterocycles. The van der Waals surface area contributed by atoms with Crippen LogP contribution in [0, 0.1) is 12.3 Å². The highest BCUT2D eigenvalue weighted by atomic mass is 16.4. The van der Waals surface area contributed by atoms with Gasteiger partial charge in [-0.15, -0.1) is 6.42 Å². The van der Waals surface area contributed by atoms with Crippen LogP contribution in [0.25, 0.3) is 0 Å². The van der Waals surface area contributed by atoms with E-state index in [1.54, 1.807) is 13.8 Å². The molecule has 0 saturated carbocycles. The lowest BCUT2D eigenvalue weighted by atomic mass is 10.1. The molecular formula is C10H11N3O2. The largest absolute Gasteiger partial charge is 0.477 e. The second-order valence-electron chi connectivity index (χ2n) is 3.49. The smallest absolute Gasteiger partial charge is 0.354 e. The molecule has 0 aliphatic rings. The van der Waals surface area contributed by atoms with Gasteiger partial charge in [-0.3, -0.25) is 0 Å². The third kappa shape index (κ3) is 2.95. The average molecular weight is 205 g/mol. The minimum Gasteiger partial charge on any atom is -0.477 e. The van der Waals surface area contributed by atoms with Gasteiger partial charge in [0.1, 0.15) is 12.1 Å². The van der Waals surface area contributed by atoms with Gasteiger partial charge in [0.2, 0.25) is 0 Å². The Balaban J connectivity index is 2.93. The standard InChI is InChI=1S/C10H11N3O2/c1-4-10(2,3)13-8-5-7(9(14)15)11-6-12-8/h1,5-6H,2-3H3,(H,14,15)(H,11,12,13). The molecule has 0 unspecified atom stereocenters. The molecule has 0 aliphatic heterocycles. The fourth-order valence-corrected chi connectivity index (χ4v) is 0.899. The Morgan fingerprint density at radius 1 is 1.60 bits per heavy atom. The summed E-state index contributed by atoms with van der Waals surface area (Å²) in [5.74, 6) is 1.82. The maximum Gasteiger partial charge on any atom is 0.354 e. The number of aromatic carboxylic acids is 1. The predicted octanol–water partition coefficient (Wildman–Crippen LogP) is 0.998. The lowest BCUT2D eigenvalue weighted by Gasteiger charge is -2.19. The van der Waals surface area contributed by atoms with Crippen LogP contribution in [0.4, 0.5) is 5.82 Å². The fraction of sp³-hybridized carbons (Fsp3) is 0.300. The van der Waals surface area contributed by atoms with Crippen LogP contribution < -0.4 is 5.32 Å². The van der Waals surface area contributed by atoms with Gasteiger partial charge in [-0.25, -0.2) is 14.8 Å². The monoisotopic (exact) mass is 205 g/mol. The zero-order chi connectivity index (χ0) is 11.5. The third-order valence-corrected chi connectivity index (χ3v) is 1.69. The molecule has 5 nitrogen and oxygen atoms in total. The number of carbonyl (C=O) groups is 1. The van der Waals surface area contributed by atoms with Crippen molar-refractivity contribution in [2.24, 2.45) is 0 Å². The normalized spacial score (nSPS) is 10.5. The van der Waals surface area contributed by atoms with Gasteiger partial charge in [0.25, 0.3) is 0 Å². The Labute approximate surface area is 87.6 Å². The molecule has 1 aromatic rings. The molecule has 0 fully saturated rings. The van der Waals surface area contributed by atoms with Gasteiger partial charge in [0.15, 0.2) is 5.69 Å². The fourth-order valence-electron chi connectivity index (χ4n) is 0.899. The quantitative estimate of drug-likeness (QED) is 0.720. The molecule has 1 aromatic heterocycles. The number of hydrogen-bond donors (Lipinski definition) is 2. The predicted molar refractivity (Wildman–Crippen MR) is 55.5 cm³/mol. The lowest BCUT2D eigenvalue weighted by Crippen LogP contribution is -2.29. The Kier molecular flexibility index (Phi) is 2.90. The van der Waals surface area contributed by atoms with E-state index in [0.717, 1.165) is 0 Å². The van der Waals surface area contributed by atoms with E-state index in [1.807, 2.05) is 0 Å². The molecule has 0 radical (unpaired) electrons. The van der Waals surface area contributed by atoms with Gasteiger partial charge in [0, 0.05) is 6.07 Å². The molecule has 0 amide bonds. The molecule has 0 atom stereocenters. The number of nitrogens with zero attached hydrogens (tertiary/aromatic N) is 2. The van der Waals surface area contributed by atoms with Gasteiger partial charge in [-0.05, 0) is 13.8 Å². The molecule has 78 valence electrons. The number of anilines is 1. The minimum atomic E-state index is -1.10. The topological polar surface area (TPSA) is 75.1 Å². The summed E-state index contributed by atoms with van der Waals surface area (Å²) in [6, 6.07) is 1.33. The van der Waals surface area contributed by atoms with Crippen molar-refractivity contribution in [1.82, 2.24) is 9.97 Å².